The molecule has 0 spiro atoms. The van der Waals surface area contributed by atoms with Gasteiger partial charge in [-0.25, -0.2) is 0 Å². The zero-order valence-corrected chi connectivity index (χ0v) is 16.5. The van der Waals surface area contributed by atoms with Crippen LogP contribution in [0.2, 0.25) is 10.0 Å². The highest BCUT2D eigenvalue weighted by atomic mass is 35.5. The highest BCUT2D eigenvalue weighted by Crippen LogP contribution is 2.41. The van der Waals surface area contributed by atoms with Gasteiger partial charge in [-0.1, -0.05) is 72.9 Å². The lowest BCUT2D eigenvalue weighted by atomic mass is 9.73. The fourth-order valence-electron chi connectivity index (χ4n) is 3.98. The Kier molecular flexibility index (Phi) is 6.23. The van der Waals surface area contributed by atoms with Gasteiger partial charge in [0.1, 0.15) is 0 Å². The molecule has 2 aromatic rings. The summed E-state index contributed by atoms with van der Waals surface area (Å²) in [5.74, 6) is 0.228. The van der Waals surface area contributed by atoms with Crippen LogP contribution in [0.4, 0.5) is 0 Å². The average Bonchev–Trinajstić information content (AvgIpc) is 2.64. The number of oxime groups is 1. The van der Waals surface area contributed by atoms with E-state index >= 15 is 0 Å². The van der Waals surface area contributed by atoms with Crippen LogP contribution in [-0.4, -0.2) is 10.9 Å². The smallest absolute Gasteiger partial charge is 0.0667 e. The molecule has 3 rings (SSSR count). The number of halogens is 2. The molecule has 5 heteroatoms. The Morgan fingerprint density at radius 1 is 0.923 bits per heavy atom. The van der Waals surface area contributed by atoms with Gasteiger partial charge in [0.25, 0.3) is 0 Å². The van der Waals surface area contributed by atoms with Crippen LogP contribution < -0.4 is 5.32 Å². The zero-order chi connectivity index (χ0) is 18.7. The summed E-state index contributed by atoms with van der Waals surface area (Å²) >= 11 is 12.1. The van der Waals surface area contributed by atoms with Crippen LogP contribution in [0.15, 0.2) is 53.7 Å². The van der Waals surface area contributed by atoms with Crippen LogP contribution in [0.25, 0.3) is 0 Å². The number of rotatable bonds is 4. The van der Waals surface area contributed by atoms with E-state index in [-0.39, 0.29) is 23.9 Å². The van der Waals surface area contributed by atoms with Crippen molar-refractivity contribution in [2.75, 3.05) is 0 Å². The molecule has 0 saturated carbocycles. The Morgan fingerprint density at radius 2 is 1.42 bits per heavy atom. The summed E-state index contributed by atoms with van der Waals surface area (Å²) in [7, 11) is 0. The fraction of sp³-hybridized carbons (Fsp3) is 0.381. The van der Waals surface area contributed by atoms with Gasteiger partial charge >= 0.3 is 0 Å². The van der Waals surface area contributed by atoms with E-state index in [2.05, 4.69) is 24.3 Å². The van der Waals surface area contributed by atoms with Crippen molar-refractivity contribution in [3.8, 4) is 0 Å². The van der Waals surface area contributed by atoms with Gasteiger partial charge in [-0.15, -0.1) is 0 Å². The van der Waals surface area contributed by atoms with Gasteiger partial charge in [0.2, 0.25) is 0 Å². The molecule has 1 saturated heterocycles. The predicted octanol–water partition coefficient (Wildman–Crippen LogP) is 6.26. The van der Waals surface area contributed by atoms with Crippen LogP contribution in [0.3, 0.4) is 0 Å². The van der Waals surface area contributed by atoms with Crippen LogP contribution in [-0.2, 0) is 0 Å². The lowest BCUT2D eigenvalue weighted by molar-refractivity contribution is 0.258. The molecule has 1 aliphatic heterocycles. The van der Waals surface area contributed by atoms with Gasteiger partial charge in [-0.05, 0) is 41.8 Å². The minimum absolute atomic E-state index is 0.0481. The van der Waals surface area contributed by atoms with Crippen molar-refractivity contribution in [2.45, 2.75) is 38.8 Å². The van der Waals surface area contributed by atoms with Gasteiger partial charge in [-0.3, -0.25) is 0 Å². The van der Waals surface area contributed by atoms with E-state index in [1.807, 2.05) is 48.5 Å². The maximum Gasteiger partial charge on any atom is 0.0667 e. The van der Waals surface area contributed by atoms with Crippen molar-refractivity contribution in [1.82, 2.24) is 5.32 Å². The molecule has 0 unspecified atom stereocenters. The molecule has 1 aliphatic rings. The number of nitrogens with zero attached hydrogens (tertiary/aromatic N) is 1. The Hall–Kier alpha value is -1.55. The second-order valence-electron chi connectivity index (χ2n) is 6.93. The predicted molar refractivity (Wildman–Crippen MR) is 108 cm³/mol. The maximum absolute atomic E-state index is 9.79. The minimum atomic E-state index is 0.0481. The highest BCUT2D eigenvalue weighted by Gasteiger charge is 2.40. The molecule has 1 heterocycles. The van der Waals surface area contributed by atoms with Crippen LogP contribution in [0.1, 0.15) is 49.9 Å². The molecule has 0 amide bonds. The van der Waals surface area contributed by atoms with Crippen molar-refractivity contribution < 1.29 is 5.21 Å². The van der Waals surface area contributed by atoms with E-state index in [1.165, 1.54) is 0 Å². The molecule has 2 N–H and O–H groups in total. The summed E-state index contributed by atoms with van der Waals surface area (Å²) in [6, 6.07) is 15.9. The van der Waals surface area contributed by atoms with Crippen molar-refractivity contribution in [2.24, 2.45) is 17.0 Å². The molecule has 1 fully saturated rings. The zero-order valence-electron chi connectivity index (χ0n) is 15.0. The third-order valence-electron chi connectivity index (χ3n) is 5.28. The first-order valence-electron chi connectivity index (χ1n) is 9.04. The quantitative estimate of drug-likeness (QED) is 0.477. The minimum Gasteiger partial charge on any atom is -0.411 e. The summed E-state index contributed by atoms with van der Waals surface area (Å²) in [5.41, 5.74) is 3.14. The summed E-state index contributed by atoms with van der Waals surface area (Å²) < 4.78 is 0. The molecule has 138 valence electrons. The van der Waals surface area contributed by atoms with Gasteiger partial charge in [-0.2, -0.15) is 0 Å². The normalized spacial score (nSPS) is 27.6. The fourth-order valence-corrected chi connectivity index (χ4v) is 4.23. The average molecular weight is 391 g/mol. The second-order valence-corrected chi connectivity index (χ2v) is 7.81. The van der Waals surface area contributed by atoms with Gasteiger partial charge in [0, 0.05) is 34.0 Å². The topological polar surface area (TPSA) is 44.6 Å². The van der Waals surface area contributed by atoms with E-state index in [4.69, 9.17) is 23.2 Å². The molecule has 26 heavy (non-hydrogen) atoms. The largest absolute Gasteiger partial charge is 0.411 e. The van der Waals surface area contributed by atoms with Gasteiger partial charge in [0.15, 0.2) is 0 Å². The van der Waals surface area contributed by atoms with Crippen molar-refractivity contribution in [3.63, 3.8) is 0 Å². The summed E-state index contributed by atoms with van der Waals surface area (Å²) in [6.07, 6.45) is 1.98. The molecule has 0 aliphatic carbocycles. The lowest BCUT2D eigenvalue weighted by Gasteiger charge is -2.42. The summed E-state index contributed by atoms with van der Waals surface area (Å²) in [5, 5.41) is 18.8. The standard InChI is InChI=1S/C21H24Cl2N2O/c1-3-4-18-20(25-26)13(2)19(14-5-9-16(22)10-6-14)24-21(18)15-7-11-17(23)12-8-15/h5-13,18-19,21,24,26H,3-4H2,1-2H3/b25-20+/t13-,18-,19-,21+/m1/s1. The monoisotopic (exact) mass is 390 g/mol. The Balaban J connectivity index is 2.01. The number of hydrogen-bond donors (Lipinski definition) is 2. The molecular weight excluding hydrogens is 367 g/mol. The third kappa shape index (κ3) is 3.90. The molecule has 0 aromatic heterocycles. The Bertz CT molecular complexity index is 759. The van der Waals surface area contributed by atoms with Crippen molar-refractivity contribution >= 4 is 28.9 Å². The van der Waals surface area contributed by atoms with E-state index in [1.54, 1.807) is 0 Å². The molecular formula is C21H24Cl2N2O. The lowest BCUT2D eigenvalue weighted by Crippen LogP contribution is -2.47. The number of nitrogens with one attached hydrogen (secondary N) is 1. The number of benzene rings is 2. The van der Waals surface area contributed by atoms with Crippen molar-refractivity contribution in [1.29, 1.82) is 0 Å². The van der Waals surface area contributed by atoms with Crippen LogP contribution in [0, 0.1) is 11.8 Å². The van der Waals surface area contributed by atoms with Crippen molar-refractivity contribution in [3.05, 3.63) is 69.7 Å². The third-order valence-corrected chi connectivity index (χ3v) is 5.79. The van der Waals surface area contributed by atoms with Gasteiger partial charge in [0.05, 0.1) is 5.71 Å². The first-order chi connectivity index (χ1) is 12.5. The Labute approximate surface area is 165 Å². The molecule has 2 aromatic carbocycles. The maximum atomic E-state index is 9.79. The SMILES string of the molecule is CCC[C@@H]1/C(=N/O)[C@H](C)[C@H](c2ccc(Cl)cc2)N[C@H]1c1ccc(Cl)cc1. The second kappa shape index (κ2) is 8.43. The van der Waals surface area contributed by atoms with Crippen LogP contribution >= 0.6 is 23.2 Å². The first-order valence-corrected chi connectivity index (χ1v) is 9.79. The number of hydrogen-bond acceptors (Lipinski definition) is 3. The first kappa shape index (κ1) is 19.2. The molecule has 3 nitrogen and oxygen atoms in total. The summed E-state index contributed by atoms with van der Waals surface area (Å²) in [6.45, 7) is 4.27. The number of piperidine rings is 1. The van der Waals surface area contributed by atoms with E-state index in [9.17, 15) is 5.21 Å². The molecule has 4 atom stereocenters. The van der Waals surface area contributed by atoms with Gasteiger partial charge < -0.3 is 10.5 Å². The highest BCUT2D eigenvalue weighted by molar-refractivity contribution is 6.30. The van der Waals surface area contributed by atoms with E-state index in [0.717, 1.165) is 34.7 Å². The molecule has 0 radical (unpaired) electrons. The van der Waals surface area contributed by atoms with E-state index in [0.29, 0.717) is 5.02 Å². The molecule has 0 bridgehead atoms. The van der Waals surface area contributed by atoms with Crippen LogP contribution in [0.5, 0.6) is 0 Å². The summed E-state index contributed by atoms with van der Waals surface area (Å²) in [4.78, 5) is 0. The Morgan fingerprint density at radius 3 is 1.88 bits per heavy atom. The van der Waals surface area contributed by atoms with E-state index < -0.39 is 0 Å².